The maximum atomic E-state index is 4.56. The third-order valence-electron chi connectivity index (χ3n) is 3.42. The summed E-state index contributed by atoms with van der Waals surface area (Å²) >= 11 is 0. The van der Waals surface area contributed by atoms with E-state index < -0.39 is 0 Å². The highest BCUT2D eigenvalue weighted by atomic mass is 15.2. The summed E-state index contributed by atoms with van der Waals surface area (Å²) in [6.45, 7) is 5.40. The molecule has 1 aliphatic carbocycles. The van der Waals surface area contributed by atoms with Crippen LogP contribution in [0.4, 0.5) is 5.69 Å². The molecular formula is C14H23N3. The molecule has 0 saturated heterocycles. The molecular weight excluding hydrogens is 210 g/mol. The van der Waals surface area contributed by atoms with Gasteiger partial charge in [0.25, 0.3) is 0 Å². The predicted molar refractivity (Wildman–Crippen MR) is 72.4 cm³/mol. The van der Waals surface area contributed by atoms with Crippen LogP contribution < -0.4 is 10.2 Å². The van der Waals surface area contributed by atoms with Crippen molar-refractivity contribution in [2.45, 2.75) is 45.2 Å². The minimum atomic E-state index is 0.343. The van der Waals surface area contributed by atoms with Crippen LogP contribution in [0, 0.1) is 0 Å². The standard InChI is InChI=1S/C14H23N3/c1-4-9-15-11(2)14-8-7-13(10-16-14)17(3)12-5-6-12/h7-8,10-12,15H,4-6,9H2,1-3H3. The van der Waals surface area contributed by atoms with Crippen LogP contribution in [0.25, 0.3) is 0 Å². The SMILES string of the molecule is CCCNC(C)c1ccc(N(C)C2CC2)cn1. The van der Waals surface area contributed by atoms with Crippen molar-refractivity contribution in [3.63, 3.8) is 0 Å². The highest BCUT2D eigenvalue weighted by Crippen LogP contribution is 2.29. The number of aromatic nitrogens is 1. The van der Waals surface area contributed by atoms with Crippen LogP contribution in [0.1, 0.15) is 44.8 Å². The molecule has 0 bridgehead atoms. The Morgan fingerprint density at radius 3 is 2.76 bits per heavy atom. The Bertz CT molecular complexity index is 343. The van der Waals surface area contributed by atoms with Gasteiger partial charge in [-0.3, -0.25) is 4.98 Å². The molecule has 1 fully saturated rings. The molecule has 1 atom stereocenters. The van der Waals surface area contributed by atoms with E-state index in [2.05, 4.69) is 48.2 Å². The Hall–Kier alpha value is -1.09. The summed E-state index contributed by atoms with van der Waals surface area (Å²) in [5, 5.41) is 3.46. The Morgan fingerprint density at radius 1 is 1.47 bits per heavy atom. The van der Waals surface area contributed by atoms with Gasteiger partial charge >= 0.3 is 0 Å². The fourth-order valence-corrected chi connectivity index (χ4v) is 2.00. The molecule has 0 radical (unpaired) electrons. The molecule has 17 heavy (non-hydrogen) atoms. The average Bonchev–Trinajstić information content (AvgIpc) is 3.19. The summed E-state index contributed by atoms with van der Waals surface area (Å²) in [4.78, 5) is 6.89. The molecule has 1 aliphatic rings. The van der Waals surface area contributed by atoms with Crippen LogP contribution in [-0.4, -0.2) is 24.6 Å². The van der Waals surface area contributed by atoms with E-state index in [-0.39, 0.29) is 0 Å². The van der Waals surface area contributed by atoms with Gasteiger partial charge in [-0.25, -0.2) is 0 Å². The molecule has 3 nitrogen and oxygen atoms in total. The third kappa shape index (κ3) is 3.19. The molecule has 0 aliphatic heterocycles. The van der Waals surface area contributed by atoms with Gasteiger partial charge in [0.2, 0.25) is 0 Å². The molecule has 1 saturated carbocycles. The first kappa shape index (κ1) is 12.4. The molecule has 1 heterocycles. The summed E-state index contributed by atoms with van der Waals surface area (Å²) in [7, 11) is 2.16. The van der Waals surface area contributed by atoms with E-state index in [0.29, 0.717) is 6.04 Å². The molecule has 94 valence electrons. The predicted octanol–water partition coefficient (Wildman–Crippen LogP) is 2.74. The second-order valence-corrected chi connectivity index (χ2v) is 4.96. The minimum Gasteiger partial charge on any atom is -0.370 e. The molecule has 3 heteroatoms. The van der Waals surface area contributed by atoms with E-state index in [1.165, 1.54) is 18.5 Å². The van der Waals surface area contributed by atoms with Crippen molar-refractivity contribution in [3.8, 4) is 0 Å². The minimum absolute atomic E-state index is 0.343. The van der Waals surface area contributed by atoms with Crippen molar-refractivity contribution in [3.05, 3.63) is 24.0 Å². The Labute approximate surface area is 104 Å². The molecule has 0 amide bonds. The molecule has 1 aromatic heterocycles. The number of rotatable bonds is 6. The van der Waals surface area contributed by atoms with Crippen LogP contribution in [-0.2, 0) is 0 Å². The maximum absolute atomic E-state index is 4.56. The fraction of sp³-hybridized carbons (Fsp3) is 0.643. The highest BCUT2D eigenvalue weighted by molar-refractivity contribution is 5.46. The van der Waals surface area contributed by atoms with Crippen molar-refractivity contribution in [1.82, 2.24) is 10.3 Å². The Balaban J connectivity index is 1.96. The summed E-state index contributed by atoms with van der Waals surface area (Å²) in [5.74, 6) is 0. The number of hydrogen-bond donors (Lipinski definition) is 1. The van der Waals surface area contributed by atoms with E-state index in [9.17, 15) is 0 Å². The summed E-state index contributed by atoms with van der Waals surface area (Å²) in [5.41, 5.74) is 2.37. The number of nitrogens with one attached hydrogen (secondary N) is 1. The van der Waals surface area contributed by atoms with Gasteiger partial charge in [0.05, 0.1) is 17.6 Å². The zero-order valence-corrected chi connectivity index (χ0v) is 11.1. The number of nitrogens with zero attached hydrogens (tertiary/aromatic N) is 2. The van der Waals surface area contributed by atoms with Crippen LogP contribution in [0.2, 0.25) is 0 Å². The van der Waals surface area contributed by atoms with Crippen LogP contribution in [0.15, 0.2) is 18.3 Å². The Kier molecular flexibility index (Phi) is 4.00. The first-order valence-corrected chi connectivity index (χ1v) is 6.64. The smallest absolute Gasteiger partial charge is 0.0572 e. The molecule has 1 N–H and O–H groups in total. The van der Waals surface area contributed by atoms with E-state index in [1.54, 1.807) is 0 Å². The Morgan fingerprint density at radius 2 is 2.24 bits per heavy atom. The van der Waals surface area contributed by atoms with Gasteiger partial charge in [0, 0.05) is 19.1 Å². The molecule has 1 aromatic rings. The van der Waals surface area contributed by atoms with Gasteiger partial charge < -0.3 is 10.2 Å². The normalized spacial score (nSPS) is 16.9. The second-order valence-electron chi connectivity index (χ2n) is 4.96. The first-order chi connectivity index (χ1) is 8.22. The van der Waals surface area contributed by atoms with Gasteiger partial charge in [-0.15, -0.1) is 0 Å². The number of hydrogen-bond acceptors (Lipinski definition) is 3. The van der Waals surface area contributed by atoms with E-state index in [1.807, 2.05) is 6.20 Å². The van der Waals surface area contributed by atoms with Gasteiger partial charge in [-0.2, -0.15) is 0 Å². The van der Waals surface area contributed by atoms with Gasteiger partial charge in [0.1, 0.15) is 0 Å². The first-order valence-electron chi connectivity index (χ1n) is 6.64. The van der Waals surface area contributed by atoms with Gasteiger partial charge in [0.15, 0.2) is 0 Å². The lowest BCUT2D eigenvalue weighted by molar-refractivity contribution is 0.558. The molecule has 1 unspecified atom stereocenters. The van der Waals surface area contributed by atoms with Crippen molar-refractivity contribution in [1.29, 1.82) is 0 Å². The topological polar surface area (TPSA) is 28.2 Å². The summed E-state index contributed by atoms with van der Waals surface area (Å²) < 4.78 is 0. The lowest BCUT2D eigenvalue weighted by Crippen LogP contribution is -2.22. The van der Waals surface area contributed by atoms with Gasteiger partial charge in [-0.1, -0.05) is 6.92 Å². The third-order valence-corrected chi connectivity index (χ3v) is 3.42. The average molecular weight is 233 g/mol. The zero-order chi connectivity index (χ0) is 12.3. The fourth-order valence-electron chi connectivity index (χ4n) is 2.00. The lowest BCUT2D eigenvalue weighted by atomic mass is 10.2. The summed E-state index contributed by atoms with van der Waals surface area (Å²) in [6, 6.07) is 5.42. The van der Waals surface area contributed by atoms with Crippen molar-refractivity contribution in [2.75, 3.05) is 18.5 Å². The molecule has 2 rings (SSSR count). The van der Waals surface area contributed by atoms with Crippen molar-refractivity contribution in [2.24, 2.45) is 0 Å². The molecule has 0 aromatic carbocycles. The van der Waals surface area contributed by atoms with Crippen molar-refractivity contribution < 1.29 is 0 Å². The van der Waals surface area contributed by atoms with E-state index >= 15 is 0 Å². The molecule has 0 spiro atoms. The summed E-state index contributed by atoms with van der Waals surface area (Å²) in [6.07, 6.45) is 5.81. The van der Waals surface area contributed by atoms with Crippen molar-refractivity contribution >= 4 is 5.69 Å². The number of pyridine rings is 1. The largest absolute Gasteiger partial charge is 0.370 e. The van der Waals surface area contributed by atoms with Gasteiger partial charge in [-0.05, 0) is 44.9 Å². The van der Waals surface area contributed by atoms with E-state index in [4.69, 9.17) is 0 Å². The monoisotopic (exact) mass is 233 g/mol. The zero-order valence-electron chi connectivity index (χ0n) is 11.1. The number of anilines is 1. The highest BCUT2D eigenvalue weighted by Gasteiger charge is 2.26. The van der Waals surface area contributed by atoms with Crippen LogP contribution in [0.3, 0.4) is 0 Å². The second kappa shape index (κ2) is 5.50. The lowest BCUT2D eigenvalue weighted by Gasteiger charge is -2.19. The van der Waals surface area contributed by atoms with E-state index in [0.717, 1.165) is 24.7 Å². The quantitative estimate of drug-likeness (QED) is 0.819. The van der Waals surface area contributed by atoms with Crippen LogP contribution >= 0.6 is 0 Å². The van der Waals surface area contributed by atoms with Crippen LogP contribution in [0.5, 0.6) is 0 Å². The maximum Gasteiger partial charge on any atom is 0.0572 e.